The van der Waals surface area contributed by atoms with Crippen molar-refractivity contribution < 1.29 is 32.7 Å². The van der Waals surface area contributed by atoms with Crippen LogP contribution in [0.25, 0.3) is 0 Å². The van der Waals surface area contributed by atoms with Gasteiger partial charge in [0.15, 0.2) is 0 Å². The zero-order valence-corrected chi connectivity index (χ0v) is 17.7. The number of benzene rings is 2. The number of methoxy groups -OCH3 is 1. The molecule has 2 atom stereocenters. The second-order valence-corrected chi connectivity index (χ2v) is 8.18. The van der Waals surface area contributed by atoms with Gasteiger partial charge in [-0.2, -0.15) is 0 Å². The van der Waals surface area contributed by atoms with Crippen LogP contribution in [0.1, 0.15) is 58.0 Å². The Hall–Kier alpha value is -2.84. The molecule has 0 unspecified atom stereocenters. The predicted molar refractivity (Wildman–Crippen MR) is 111 cm³/mol. The number of nitrogens with zero attached hydrogens (tertiary/aromatic N) is 1. The Morgan fingerprint density at radius 2 is 1.59 bits per heavy atom. The Labute approximate surface area is 185 Å². The normalized spacial score (nSPS) is 23.2. The molecular formula is C24H25F2NO5. The van der Waals surface area contributed by atoms with Gasteiger partial charge in [-0.1, -0.05) is 30.3 Å². The standard InChI is InChI=1S/C24H25F2NO5/c1-30-22(28)18-9-7-16(8-10-18)21-13-19(31-20-14-24(25,26)15-20)11-12-27(21)32-23(29)17-5-3-2-4-6-17/h2-10,19-21H,11-15H2,1H3/t19-,21-/m0/s1. The molecule has 170 valence electrons. The zero-order chi connectivity index (χ0) is 22.7. The van der Waals surface area contributed by atoms with Crippen LogP contribution in [0.3, 0.4) is 0 Å². The Balaban J connectivity index is 1.49. The van der Waals surface area contributed by atoms with Crippen LogP contribution in [0.4, 0.5) is 8.78 Å². The highest BCUT2D eigenvalue weighted by Crippen LogP contribution is 2.42. The maximum Gasteiger partial charge on any atom is 0.357 e. The first-order chi connectivity index (χ1) is 15.3. The number of ether oxygens (including phenoxy) is 2. The van der Waals surface area contributed by atoms with Gasteiger partial charge in [0, 0.05) is 19.4 Å². The Kier molecular flexibility index (Phi) is 6.53. The third-order valence-corrected chi connectivity index (χ3v) is 5.87. The number of carbonyl (C=O) groups excluding carboxylic acids is 2. The molecule has 4 rings (SSSR count). The number of hydrogen-bond donors (Lipinski definition) is 0. The summed E-state index contributed by atoms with van der Waals surface area (Å²) in [6, 6.07) is 15.2. The fourth-order valence-corrected chi connectivity index (χ4v) is 4.11. The number of halogens is 2. The fraction of sp³-hybridized carbons (Fsp3) is 0.417. The fourth-order valence-electron chi connectivity index (χ4n) is 4.11. The average Bonchev–Trinajstić information content (AvgIpc) is 2.79. The van der Waals surface area contributed by atoms with Crippen LogP contribution in [0.15, 0.2) is 54.6 Å². The third-order valence-electron chi connectivity index (χ3n) is 5.87. The monoisotopic (exact) mass is 445 g/mol. The number of hydrogen-bond acceptors (Lipinski definition) is 6. The molecule has 0 N–H and O–H groups in total. The smallest absolute Gasteiger partial charge is 0.357 e. The molecule has 2 aromatic rings. The van der Waals surface area contributed by atoms with Gasteiger partial charge in [0.25, 0.3) is 5.92 Å². The van der Waals surface area contributed by atoms with Crippen molar-refractivity contribution in [3.63, 3.8) is 0 Å². The lowest BCUT2D eigenvalue weighted by Crippen LogP contribution is -2.46. The van der Waals surface area contributed by atoms with E-state index < -0.39 is 24.0 Å². The van der Waals surface area contributed by atoms with Crippen molar-refractivity contribution in [2.75, 3.05) is 13.7 Å². The van der Waals surface area contributed by atoms with Crippen LogP contribution in [0.2, 0.25) is 0 Å². The summed E-state index contributed by atoms with van der Waals surface area (Å²) in [7, 11) is 1.31. The Morgan fingerprint density at radius 1 is 0.938 bits per heavy atom. The highest BCUT2D eigenvalue weighted by molar-refractivity contribution is 5.89. The quantitative estimate of drug-likeness (QED) is 0.607. The minimum atomic E-state index is -2.64. The van der Waals surface area contributed by atoms with Crippen molar-refractivity contribution in [3.05, 3.63) is 71.3 Å². The summed E-state index contributed by atoms with van der Waals surface area (Å²) in [4.78, 5) is 30.1. The summed E-state index contributed by atoms with van der Waals surface area (Å²) in [5, 5.41) is 1.61. The molecular weight excluding hydrogens is 420 g/mol. The molecule has 0 amide bonds. The minimum absolute atomic E-state index is 0.229. The molecule has 1 aliphatic heterocycles. The van der Waals surface area contributed by atoms with Gasteiger partial charge in [-0.15, -0.1) is 5.06 Å². The molecule has 2 fully saturated rings. The Bertz CT molecular complexity index is 943. The summed E-state index contributed by atoms with van der Waals surface area (Å²) in [6.45, 7) is 0.399. The summed E-state index contributed by atoms with van der Waals surface area (Å²) in [5.41, 5.74) is 1.66. The van der Waals surface area contributed by atoms with E-state index in [-0.39, 0.29) is 25.0 Å². The second kappa shape index (κ2) is 9.34. The average molecular weight is 445 g/mol. The molecule has 0 aromatic heterocycles. The number of carbonyl (C=O) groups is 2. The molecule has 2 aromatic carbocycles. The molecule has 0 bridgehead atoms. The number of alkyl halides is 2. The van der Waals surface area contributed by atoms with Crippen LogP contribution >= 0.6 is 0 Å². The zero-order valence-electron chi connectivity index (χ0n) is 17.7. The SMILES string of the molecule is COC(=O)c1ccc([C@@H]2C[C@@H](OC3CC(F)(F)C3)CCN2OC(=O)c2ccccc2)cc1. The van der Waals surface area contributed by atoms with Gasteiger partial charge in [-0.3, -0.25) is 0 Å². The number of esters is 1. The van der Waals surface area contributed by atoms with Crippen molar-refractivity contribution in [1.29, 1.82) is 0 Å². The number of rotatable bonds is 6. The van der Waals surface area contributed by atoms with Crippen molar-refractivity contribution in [2.45, 2.75) is 49.9 Å². The van der Waals surface area contributed by atoms with Gasteiger partial charge in [0.2, 0.25) is 0 Å². The molecule has 6 nitrogen and oxygen atoms in total. The molecule has 8 heteroatoms. The molecule has 1 saturated carbocycles. The van der Waals surface area contributed by atoms with Crippen molar-refractivity contribution >= 4 is 11.9 Å². The summed E-state index contributed by atoms with van der Waals surface area (Å²) in [6.07, 6.45) is -0.157. The first kappa shape index (κ1) is 22.4. The lowest BCUT2D eigenvalue weighted by atomic mass is 9.89. The first-order valence-electron chi connectivity index (χ1n) is 10.6. The largest absolute Gasteiger partial charge is 0.465 e. The van der Waals surface area contributed by atoms with E-state index in [1.54, 1.807) is 53.6 Å². The minimum Gasteiger partial charge on any atom is -0.465 e. The van der Waals surface area contributed by atoms with E-state index in [2.05, 4.69) is 0 Å². The molecule has 0 spiro atoms. The van der Waals surface area contributed by atoms with Crippen molar-refractivity contribution in [3.8, 4) is 0 Å². The summed E-state index contributed by atoms with van der Waals surface area (Å²) < 4.78 is 37.1. The van der Waals surface area contributed by atoms with Crippen LogP contribution in [0.5, 0.6) is 0 Å². The maximum absolute atomic E-state index is 13.2. The molecule has 1 heterocycles. The summed E-state index contributed by atoms with van der Waals surface area (Å²) >= 11 is 0. The number of piperidine rings is 1. The van der Waals surface area contributed by atoms with E-state index >= 15 is 0 Å². The third kappa shape index (κ3) is 5.14. The lowest BCUT2D eigenvalue weighted by Gasteiger charge is -2.42. The predicted octanol–water partition coefficient (Wildman–Crippen LogP) is 4.57. The lowest BCUT2D eigenvalue weighted by molar-refractivity contribution is -0.213. The number of hydroxylamine groups is 2. The Morgan fingerprint density at radius 3 is 2.22 bits per heavy atom. The summed E-state index contributed by atoms with van der Waals surface area (Å²) in [5.74, 6) is -3.56. The van der Waals surface area contributed by atoms with Crippen LogP contribution in [-0.4, -0.2) is 48.8 Å². The van der Waals surface area contributed by atoms with Gasteiger partial charge >= 0.3 is 11.9 Å². The molecule has 32 heavy (non-hydrogen) atoms. The molecule has 2 aliphatic rings. The van der Waals surface area contributed by atoms with Gasteiger partial charge in [0.1, 0.15) is 0 Å². The van der Waals surface area contributed by atoms with E-state index in [9.17, 15) is 18.4 Å². The van der Waals surface area contributed by atoms with Gasteiger partial charge in [0.05, 0.1) is 36.5 Å². The van der Waals surface area contributed by atoms with E-state index in [1.165, 1.54) is 7.11 Å². The maximum atomic E-state index is 13.2. The molecule has 1 aliphatic carbocycles. The van der Waals surface area contributed by atoms with E-state index in [1.807, 2.05) is 6.07 Å². The van der Waals surface area contributed by atoms with E-state index in [0.717, 1.165) is 5.56 Å². The van der Waals surface area contributed by atoms with Crippen LogP contribution < -0.4 is 0 Å². The van der Waals surface area contributed by atoms with E-state index in [0.29, 0.717) is 30.5 Å². The second-order valence-electron chi connectivity index (χ2n) is 8.18. The van der Waals surface area contributed by atoms with Crippen molar-refractivity contribution in [1.82, 2.24) is 5.06 Å². The highest BCUT2D eigenvalue weighted by Gasteiger charge is 2.47. The molecule has 0 radical (unpaired) electrons. The van der Waals surface area contributed by atoms with Crippen LogP contribution in [0, 0.1) is 0 Å². The van der Waals surface area contributed by atoms with Crippen LogP contribution in [-0.2, 0) is 14.3 Å². The molecule has 1 saturated heterocycles. The van der Waals surface area contributed by atoms with Crippen molar-refractivity contribution in [2.24, 2.45) is 0 Å². The van der Waals surface area contributed by atoms with Gasteiger partial charge in [-0.05, 0) is 42.7 Å². The van der Waals surface area contributed by atoms with E-state index in [4.69, 9.17) is 14.3 Å². The topological polar surface area (TPSA) is 65.1 Å². The first-order valence-corrected chi connectivity index (χ1v) is 10.6. The van der Waals surface area contributed by atoms with Gasteiger partial charge < -0.3 is 14.3 Å². The highest BCUT2D eigenvalue weighted by atomic mass is 19.3. The van der Waals surface area contributed by atoms with Gasteiger partial charge in [-0.25, -0.2) is 18.4 Å².